The van der Waals surface area contributed by atoms with Gasteiger partial charge in [-0.05, 0) is 69.8 Å². The summed E-state index contributed by atoms with van der Waals surface area (Å²) >= 11 is 3.78. The van der Waals surface area contributed by atoms with E-state index in [0.717, 1.165) is 0 Å². The third-order valence-corrected chi connectivity index (χ3v) is 12.8. The fraction of sp³-hybridized carbons (Fsp3) is 0. The van der Waals surface area contributed by atoms with Crippen LogP contribution in [0.5, 0.6) is 0 Å². The van der Waals surface area contributed by atoms with Crippen LogP contribution in [0.3, 0.4) is 0 Å². The molecule has 238 valence electrons. The molecule has 0 atom stereocenters. The number of rotatable bonds is 4. The average Bonchev–Trinajstić information content (AvgIpc) is 3.86. The van der Waals surface area contributed by atoms with E-state index in [0.29, 0.717) is 0 Å². The molecule has 1 nitrogen and oxygen atoms in total. The fourth-order valence-electron chi connectivity index (χ4n) is 7.95. The van der Waals surface area contributed by atoms with Crippen LogP contribution in [0.25, 0.3) is 101 Å². The molecule has 3 aromatic heterocycles. The van der Waals surface area contributed by atoms with Gasteiger partial charge in [0.2, 0.25) is 0 Å². The normalized spacial score (nSPS) is 11.9. The van der Waals surface area contributed by atoms with Crippen molar-refractivity contribution in [2.24, 2.45) is 0 Å². The predicted octanol–water partition coefficient (Wildman–Crippen LogP) is 14.5. The zero-order valence-corrected chi connectivity index (χ0v) is 29.1. The Morgan fingerprint density at radius 2 is 0.922 bits per heavy atom. The second-order valence-electron chi connectivity index (χ2n) is 13.3. The topological polar surface area (TPSA) is 4.93 Å². The molecule has 11 aromatic rings. The Hall–Kier alpha value is -6.00. The summed E-state index contributed by atoms with van der Waals surface area (Å²) in [5.74, 6) is 0. The van der Waals surface area contributed by atoms with Crippen LogP contribution in [0, 0.1) is 0 Å². The summed E-state index contributed by atoms with van der Waals surface area (Å²) in [7, 11) is 0. The van der Waals surface area contributed by atoms with Crippen molar-refractivity contribution in [2.45, 2.75) is 0 Å². The van der Waals surface area contributed by atoms with Gasteiger partial charge in [-0.25, -0.2) is 0 Å². The minimum absolute atomic E-state index is 1.20. The van der Waals surface area contributed by atoms with Gasteiger partial charge in [-0.1, -0.05) is 140 Å². The van der Waals surface area contributed by atoms with Crippen LogP contribution < -0.4 is 0 Å². The van der Waals surface area contributed by atoms with Crippen LogP contribution in [0.2, 0.25) is 0 Å². The van der Waals surface area contributed by atoms with Crippen molar-refractivity contribution in [1.82, 2.24) is 4.57 Å². The first-order valence-corrected chi connectivity index (χ1v) is 19.0. The smallest absolute Gasteiger partial charge is 0.0555 e. The summed E-state index contributed by atoms with van der Waals surface area (Å²) in [4.78, 5) is 0. The summed E-state index contributed by atoms with van der Waals surface area (Å²) in [5.41, 5.74) is 11.2. The van der Waals surface area contributed by atoms with E-state index < -0.39 is 0 Å². The van der Waals surface area contributed by atoms with E-state index in [1.54, 1.807) is 0 Å². The summed E-state index contributed by atoms with van der Waals surface area (Å²) < 4.78 is 7.77. The first-order chi connectivity index (χ1) is 25.3. The highest BCUT2D eigenvalue weighted by atomic mass is 32.1. The Kier molecular flexibility index (Phi) is 6.36. The molecule has 0 unspecified atom stereocenters. The van der Waals surface area contributed by atoms with E-state index in [4.69, 9.17) is 0 Å². The third-order valence-electron chi connectivity index (χ3n) is 10.4. The maximum atomic E-state index is 2.46. The molecule has 0 bridgehead atoms. The van der Waals surface area contributed by atoms with Crippen molar-refractivity contribution in [2.75, 3.05) is 0 Å². The molecular weight excluding hydrogens is 655 g/mol. The molecule has 8 aromatic carbocycles. The van der Waals surface area contributed by atoms with Crippen molar-refractivity contribution >= 4 is 84.8 Å². The molecule has 0 radical (unpaired) electrons. The van der Waals surface area contributed by atoms with Gasteiger partial charge < -0.3 is 4.57 Å². The van der Waals surface area contributed by atoms with Gasteiger partial charge in [0, 0.05) is 56.8 Å². The molecule has 3 heterocycles. The van der Waals surface area contributed by atoms with Crippen LogP contribution >= 0.6 is 22.7 Å². The van der Waals surface area contributed by atoms with E-state index in [-0.39, 0.29) is 0 Å². The molecule has 11 rings (SSSR count). The summed E-state index contributed by atoms with van der Waals surface area (Å²) in [6.45, 7) is 0. The highest BCUT2D eigenvalue weighted by Gasteiger charge is 2.17. The summed E-state index contributed by atoms with van der Waals surface area (Å²) in [6, 6.07) is 64.7. The molecule has 0 N–H and O–H groups in total. The molecular formula is C48H29NS2. The lowest BCUT2D eigenvalue weighted by molar-refractivity contribution is 1.19. The van der Waals surface area contributed by atoms with Crippen LogP contribution in [-0.2, 0) is 0 Å². The highest BCUT2D eigenvalue weighted by molar-refractivity contribution is 7.26. The van der Waals surface area contributed by atoms with E-state index in [1.165, 1.54) is 101 Å². The molecule has 0 aliphatic heterocycles. The minimum atomic E-state index is 1.20. The van der Waals surface area contributed by atoms with Gasteiger partial charge in [0.05, 0.1) is 11.0 Å². The van der Waals surface area contributed by atoms with Crippen molar-refractivity contribution in [3.63, 3.8) is 0 Å². The number of fused-ring (bicyclic) bond motifs is 9. The zero-order chi connectivity index (χ0) is 33.5. The zero-order valence-electron chi connectivity index (χ0n) is 27.5. The van der Waals surface area contributed by atoms with Gasteiger partial charge >= 0.3 is 0 Å². The van der Waals surface area contributed by atoms with E-state index in [9.17, 15) is 0 Å². The number of thiophene rings is 2. The van der Waals surface area contributed by atoms with Gasteiger partial charge in [0.1, 0.15) is 0 Å². The molecule has 0 aliphatic rings. The standard InChI is InChI=1S/C48H29NS2/c1-2-9-30(10-3-1)31-17-19-32(20-18-31)33-21-23-34(24-22-33)36-13-8-14-40-39-26-25-35(27-46(39)51-48(36)40)49-43-15-6-4-11-37(43)41-28-42-38-12-5-7-16-45(38)50-47(42)29-44(41)49/h1-29H. The van der Waals surface area contributed by atoms with Gasteiger partial charge in [0.15, 0.2) is 0 Å². The second kappa shape index (κ2) is 11.3. The van der Waals surface area contributed by atoms with E-state index in [1.807, 2.05) is 22.7 Å². The molecule has 3 heteroatoms. The number of aromatic nitrogens is 1. The Morgan fingerprint density at radius 3 is 1.71 bits per heavy atom. The maximum Gasteiger partial charge on any atom is 0.0555 e. The predicted molar refractivity (Wildman–Crippen MR) is 223 cm³/mol. The van der Waals surface area contributed by atoms with Crippen molar-refractivity contribution in [3.05, 3.63) is 176 Å². The number of hydrogen-bond donors (Lipinski definition) is 0. The molecule has 0 aliphatic carbocycles. The lowest BCUT2D eigenvalue weighted by Crippen LogP contribution is -1.93. The number of benzene rings is 8. The first-order valence-electron chi connectivity index (χ1n) is 17.3. The van der Waals surface area contributed by atoms with Gasteiger partial charge in [0.25, 0.3) is 0 Å². The quantitative estimate of drug-likeness (QED) is 0.174. The Balaban J connectivity index is 1.01. The molecule has 0 spiro atoms. The molecule has 0 saturated heterocycles. The number of nitrogens with zero attached hydrogens (tertiary/aromatic N) is 1. The van der Waals surface area contributed by atoms with Gasteiger partial charge in [-0.15, -0.1) is 22.7 Å². The Bertz CT molecular complexity index is 3100. The summed E-state index contributed by atoms with van der Waals surface area (Å²) in [6.07, 6.45) is 0. The Morgan fingerprint density at radius 1 is 0.314 bits per heavy atom. The number of hydrogen-bond acceptors (Lipinski definition) is 2. The second-order valence-corrected chi connectivity index (χ2v) is 15.4. The lowest BCUT2D eigenvalue weighted by atomic mass is 9.97. The van der Waals surface area contributed by atoms with Gasteiger partial charge in [-0.3, -0.25) is 0 Å². The average molecular weight is 684 g/mol. The monoisotopic (exact) mass is 683 g/mol. The molecule has 0 fully saturated rings. The van der Waals surface area contributed by atoms with Crippen molar-refractivity contribution in [1.29, 1.82) is 0 Å². The first kappa shape index (κ1) is 28.8. The van der Waals surface area contributed by atoms with Crippen LogP contribution in [0.4, 0.5) is 0 Å². The van der Waals surface area contributed by atoms with Crippen molar-refractivity contribution in [3.8, 4) is 39.1 Å². The van der Waals surface area contributed by atoms with E-state index >= 15 is 0 Å². The lowest BCUT2D eigenvalue weighted by Gasteiger charge is -2.08. The third kappa shape index (κ3) is 4.52. The summed E-state index contributed by atoms with van der Waals surface area (Å²) in [5, 5.41) is 7.89. The van der Waals surface area contributed by atoms with Crippen LogP contribution in [0.15, 0.2) is 176 Å². The maximum absolute atomic E-state index is 2.46. The number of para-hydroxylation sites is 1. The van der Waals surface area contributed by atoms with Crippen molar-refractivity contribution < 1.29 is 0 Å². The van der Waals surface area contributed by atoms with Gasteiger partial charge in [-0.2, -0.15) is 0 Å². The van der Waals surface area contributed by atoms with E-state index in [2.05, 4.69) is 180 Å². The molecule has 51 heavy (non-hydrogen) atoms. The fourth-order valence-corrected chi connectivity index (χ4v) is 10.3. The largest absolute Gasteiger partial charge is 0.309 e. The highest BCUT2D eigenvalue weighted by Crippen LogP contribution is 2.44. The SMILES string of the molecule is c1ccc(-c2ccc(-c3ccc(-c4cccc5c4sc4cc(-n6c7ccccc7c7cc8c(cc76)sc6ccccc68)ccc45)cc3)cc2)cc1. The Labute approximate surface area is 302 Å². The van der Waals surface area contributed by atoms with Crippen LogP contribution in [0.1, 0.15) is 0 Å². The van der Waals surface area contributed by atoms with Crippen LogP contribution in [-0.4, -0.2) is 4.57 Å². The molecule has 0 amide bonds. The minimum Gasteiger partial charge on any atom is -0.309 e. The molecule has 0 saturated carbocycles.